The van der Waals surface area contributed by atoms with Gasteiger partial charge in [-0.05, 0) is 18.2 Å². The van der Waals surface area contributed by atoms with E-state index < -0.39 is 6.10 Å². The fraction of sp³-hybridized carbons (Fsp3) is 0.0667. The van der Waals surface area contributed by atoms with Crippen LogP contribution in [0, 0.1) is 0 Å². The molecule has 0 radical (unpaired) electrons. The standard InChI is InChI=1S/C15H12N2O/c18-15(12-5-3-7-16-9-12)13-8-11-4-1-2-6-14(11)17-10-13/h1-10,15,18H. The van der Waals surface area contributed by atoms with E-state index in [0.29, 0.717) is 0 Å². The third-order valence-electron chi connectivity index (χ3n) is 2.93. The number of benzene rings is 1. The first-order valence-corrected chi connectivity index (χ1v) is 5.77. The molecule has 0 aliphatic heterocycles. The highest BCUT2D eigenvalue weighted by atomic mass is 16.3. The molecule has 0 fully saturated rings. The van der Waals surface area contributed by atoms with E-state index in [-0.39, 0.29) is 0 Å². The van der Waals surface area contributed by atoms with Crippen molar-refractivity contribution < 1.29 is 5.11 Å². The van der Waals surface area contributed by atoms with E-state index in [9.17, 15) is 5.11 Å². The van der Waals surface area contributed by atoms with Crippen molar-refractivity contribution in [3.8, 4) is 0 Å². The quantitative estimate of drug-likeness (QED) is 0.744. The van der Waals surface area contributed by atoms with Gasteiger partial charge in [-0.25, -0.2) is 0 Å². The Hall–Kier alpha value is -2.26. The van der Waals surface area contributed by atoms with Gasteiger partial charge < -0.3 is 5.11 Å². The van der Waals surface area contributed by atoms with E-state index in [2.05, 4.69) is 9.97 Å². The van der Waals surface area contributed by atoms with E-state index in [4.69, 9.17) is 0 Å². The summed E-state index contributed by atoms with van der Waals surface area (Å²) in [6.45, 7) is 0. The molecule has 2 aromatic heterocycles. The Morgan fingerprint density at radius 2 is 1.83 bits per heavy atom. The molecule has 1 unspecified atom stereocenters. The van der Waals surface area contributed by atoms with Crippen LogP contribution in [0.4, 0.5) is 0 Å². The van der Waals surface area contributed by atoms with Crippen molar-refractivity contribution in [3.05, 3.63) is 72.2 Å². The molecule has 0 saturated heterocycles. The number of hydrogen-bond donors (Lipinski definition) is 1. The van der Waals surface area contributed by atoms with Gasteiger partial charge >= 0.3 is 0 Å². The molecule has 0 aliphatic rings. The maximum Gasteiger partial charge on any atom is 0.107 e. The van der Waals surface area contributed by atoms with Crippen LogP contribution < -0.4 is 0 Å². The van der Waals surface area contributed by atoms with Crippen LogP contribution in [0.25, 0.3) is 10.9 Å². The molecule has 3 rings (SSSR count). The predicted octanol–water partition coefficient (Wildman–Crippen LogP) is 2.71. The highest BCUT2D eigenvalue weighted by Crippen LogP contribution is 2.23. The molecule has 3 heteroatoms. The molecular formula is C15H12N2O. The zero-order valence-electron chi connectivity index (χ0n) is 9.69. The van der Waals surface area contributed by atoms with Gasteiger partial charge in [-0.15, -0.1) is 0 Å². The fourth-order valence-electron chi connectivity index (χ4n) is 1.97. The highest BCUT2D eigenvalue weighted by molar-refractivity contribution is 5.78. The van der Waals surface area contributed by atoms with Crippen LogP contribution in [0.2, 0.25) is 0 Å². The van der Waals surface area contributed by atoms with Crippen molar-refractivity contribution >= 4 is 10.9 Å². The van der Waals surface area contributed by atoms with Crippen LogP contribution >= 0.6 is 0 Å². The minimum absolute atomic E-state index is 0.684. The van der Waals surface area contributed by atoms with E-state index in [0.717, 1.165) is 22.0 Å². The number of aliphatic hydroxyl groups excluding tert-OH is 1. The number of fused-ring (bicyclic) bond motifs is 1. The molecular weight excluding hydrogens is 224 g/mol. The number of aromatic nitrogens is 2. The van der Waals surface area contributed by atoms with Crippen LogP contribution in [0.3, 0.4) is 0 Å². The topological polar surface area (TPSA) is 46.0 Å². The molecule has 88 valence electrons. The Kier molecular flexibility index (Phi) is 2.74. The molecule has 0 saturated carbocycles. The molecule has 0 aliphatic carbocycles. The van der Waals surface area contributed by atoms with Gasteiger partial charge in [-0.3, -0.25) is 9.97 Å². The Morgan fingerprint density at radius 1 is 0.944 bits per heavy atom. The molecule has 1 N–H and O–H groups in total. The van der Waals surface area contributed by atoms with Crippen molar-refractivity contribution in [2.75, 3.05) is 0 Å². The van der Waals surface area contributed by atoms with E-state index in [1.165, 1.54) is 0 Å². The van der Waals surface area contributed by atoms with Gasteiger partial charge in [0.15, 0.2) is 0 Å². The van der Waals surface area contributed by atoms with Crippen molar-refractivity contribution in [1.82, 2.24) is 9.97 Å². The van der Waals surface area contributed by atoms with Gasteiger partial charge in [0.1, 0.15) is 6.10 Å². The number of aliphatic hydroxyl groups is 1. The first-order chi connectivity index (χ1) is 8.84. The summed E-state index contributed by atoms with van der Waals surface area (Å²) in [6.07, 6.45) is 4.38. The third-order valence-corrected chi connectivity index (χ3v) is 2.93. The summed E-state index contributed by atoms with van der Waals surface area (Å²) in [5.74, 6) is 0. The average Bonchev–Trinajstić information content (AvgIpc) is 2.47. The van der Waals surface area contributed by atoms with E-state index in [1.54, 1.807) is 18.6 Å². The summed E-state index contributed by atoms with van der Waals surface area (Å²) in [5, 5.41) is 11.3. The molecule has 0 amide bonds. The molecule has 1 aromatic carbocycles. The fourth-order valence-corrected chi connectivity index (χ4v) is 1.97. The third kappa shape index (κ3) is 1.96. The van der Waals surface area contributed by atoms with Gasteiger partial charge in [-0.2, -0.15) is 0 Å². The zero-order chi connectivity index (χ0) is 12.4. The summed E-state index contributed by atoms with van der Waals surface area (Å²) < 4.78 is 0. The molecule has 2 heterocycles. The Balaban J connectivity index is 2.04. The maximum absolute atomic E-state index is 10.3. The Bertz CT molecular complexity index is 667. The molecule has 1 atom stereocenters. The molecule has 0 spiro atoms. The molecule has 18 heavy (non-hydrogen) atoms. The lowest BCUT2D eigenvalue weighted by atomic mass is 10.0. The Labute approximate surface area is 105 Å². The van der Waals surface area contributed by atoms with E-state index in [1.807, 2.05) is 42.5 Å². The van der Waals surface area contributed by atoms with Crippen LogP contribution in [-0.2, 0) is 0 Å². The average molecular weight is 236 g/mol. The molecule has 3 nitrogen and oxygen atoms in total. The number of hydrogen-bond acceptors (Lipinski definition) is 3. The smallest absolute Gasteiger partial charge is 0.107 e. The number of rotatable bonds is 2. The van der Waals surface area contributed by atoms with Crippen molar-refractivity contribution in [3.63, 3.8) is 0 Å². The monoisotopic (exact) mass is 236 g/mol. The lowest BCUT2D eigenvalue weighted by Crippen LogP contribution is -2.00. The van der Waals surface area contributed by atoms with Gasteiger partial charge in [0.2, 0.25) is 0 Å². The van der Waals surface area contributed by atoms with Crippen LogP contribution in [0.1, 0.15) is 17.2 Å². The van der Waals surface area contributed by atoms with Gasteiger partial charge in [-0.1, -0.05) is 24.3 Å². The molecule has 0 bridgehead atoms. The second kappa shape index (κ2) is 4.55. The minimum Gasteiger partial charge on any atom is -0.384 e. The summed E-state index contributed by atoms with van der Waals surface area (Å²) >= 11 is 0. The van der Waals surface area contributed by atoms with Crippen molar-refractivity contribution in [2.45, 2.75) is 6.10 Å². The molecule has 3 aromatic rings. The van der Waals surface area contributed by atoms with Crippen LogP contribution in [-0.4, -0.2) is 15.1 Å². The second-order valence-corrected chi connectivity index (χ2v) is 4.15. The highest BCUT2D eigenvalue weighted by Gasteiger charge is 2.11. The number of para-hydroxylation sites is 1. The first kappa shape index (κ1) is 10.9. The SMILES string of the molecule is OC(c1cccnc1)c1cnc2ccccc2c1. The Morgan fingerprint density at radius 3 is 2.67 bits per heavy atom. The lowest BCUT2D eigenvalue weighted by Gasteiger charge is -2.11. The van der Waals surface area contributed by atoms with Crippen LogP contribution in [0.5, 0.6) is 0 Å². The van der Waals surface area contributed by atoms with Crippen LogP contribution in [0.15, 0.2) is 61.1 Å². The normalized spacial score (nSPS) is 12.5. The predicted molar refractivity (Wildman–Crippen MR) is 70.0 cm³/mol. The second-order valence-electron chi connectivity index (χ2n) is 4.15. The van der Waals surface area contributed by atoms with Gasteiger partial charge in [0, 0.05) is 35.1 Å². The van der Waals surface area contributed by atoms with Gasteiger partial charge in [0.05, 0.1) is 5.52 Å². The first-order valence-electron chi connectivity index (χ1n) is 5.77. The number of nitrogens with zero attached hydrogens (tertiary/aromatic N) is 2. The zero-order valence-corrected chi connectivity index (χ0v) is 9.69. The summed E-state index contributed by atoms with van der Waals surface area (Å²) in [6, 6.07) is 13.5. The summed E-state index contributed by atoms with van der Waals surface area (Å²) in [4.78, 5) is 8.36. The summed E-state index contributed by atoms with van der Waals surface area (Å²) in [7, 11) is 0. The maximum atomic E-state index is 10.3. The van der Waals surface area contributed by atoms with Crippen molar-refractivity contribution in [2.24, 2.45) is 0 Å². The largest absolute Gasteiger partial charge is 0.384 e. The summed E-state index contributed by atoms with van der Waals surface area (Å²) in [5.41, 5.74) is 2.48. The number of pyridine rings is 2. The van der Waals surface area contributed by atoms with Crippen molar-refractivity contribution in [1.29, 1.82) is 0 Å². The van der Waals surface area contributed by atoms with Gasteiger partial charge in [0.25, 0.3) is 0 Å². The minimum atomic E-state index is -0.684. The van der Waals surface area contributed by atoms with E-state index >= 15 is 0 Å². The lowest BCUT2D eigenvalue weighted by molar-refractivity contribution is 0.219.